The molecule has 0 saturated carbocycles. The maximum atomic E-state index is 12.8. The van der Waals surface area contributed by atoms with Gasteiger partial charge in [-0.1, -0.05) is 30.3 Å². The molecular formula is C21H22ClN3O2S2. The number of ether oxygens (including phenoxy) is 1. The molecule has 1 aliphatic rings. The third kappa shape index (κ3) is 4.22. The molecule has 2 heterocycles. The molecule has 5 nitrogen and oxygen atoms in total. The van der Waals surface area contributed by atoms with Gasteiger partial charge < -0.3 is 10.1 Å². The van der Waals surface area contributed by atoms with E-state index >= 15 is 0 Å². The number of methoxy groups -OCH3 is 1. The number of rotatable bonds is 5. The molecule has 4 rings (SSSR count). The van der Waals surface area contributed by atoms with Gasteiger partial charge in [0.15, 0.2) is 0 Å². The standard InChI is InChI=1S/C21H22ClN3O2S2/c1-11-4-6-14-17(8-11)29-21-18(14)20(23-10-24-21)28-12(2)19(26)25-15-9-13(22)5-7-16(15)27-3/h5,7,9-12H,4,6,8H2,1-3H3,(H,25,26)/t11-,12+/m1/s1. The monoisotopic (exact) mass is 447 g/mol. The van der Waals surface area contributed by atoms with Gasteiger partial charge in [-0.15, -0.1) is 11.3 Å². The van der Waals surface area contributed by atoms with Crippen LogP contribution < -0.4 is 10.1 Å². The predicted molar refractivity (Wildman–Crippen MR) is 121 cm³/mol. The lowest BCUT2D eigenvalue weighted by Crippen LogP contribution is -2.23. The average Bonchev–Trinajstić information content (AvgIpc) is 3.06. The van der Waals surface area contributed by atoms with Crippen molar-refractivity contribution in [2.24, 2.45) is 5.92 Å². The SMILES string of the molecule is COc1ccc(Cl)cc1NC(=O)[C@H](C)Sc1ncnc2sc3c(c12)CC[C@@H](C)C3. The zero-order valence-corrected chi connectivity index (χ0v) is 18.9. The van der Waals surface area contributed by atoms with E-state index in [-0.39, 0.29) is 11.2 Å². The smallest absolute Gasteiger partial charge is 0.237 e. The molecule has 1 amide bonds. The first-order chi connectivity index (χ1) is 14.0. The minimum atomic E-state index is -0.338. The molecule has 2 atom stereocenters. The van der Waals surface area contributed by atoms with Crippen LogP contribution in [0.2, 0.25) is 5.02 Å². The lowest BCUT2D eigenvalue weighted by Gasteiger charge is -2.18. The summed E-state index contributed by atoms with van der Waals surface area (Å²) in [5.41, 5.74) is 1.93. The number of aromatic nitrogens is 2. The van der Waals surface area contributed by atoms with Gasteiger partial charge in [0.2, 0.25) is 5.91 Å². The highest BCUT2D eigenvalue weighted by molar-refractivity contribution is 8.00. The van der Waals surface area contributed by atoms with Crippen molar-refractivity contribution in [2.45, 2.75) is 43.4 Å². The summed E-state index contributed by atoms with van der Waals surface area (Å²) < 4.78 is 5.32. The van der Waals surface area contributed by atoms with Gasteiger partial charge in [-0.25, -0.2) is 9.97 Å². The topological polar surface area (TPSA) is 64.1 Å². The second-order valence-corrected chi connectivity index (χ2v) is 10.2. The molecule has 29 heavy (non-hydrogen) atoms. The van der Waals surface area contributed by atoms with Crippen molar-refractivity contribution in [2.75, 3.05) is 12.4 Å². The van der Waals surface area contributed by atoms with Crippen LogP contribution >= 0.6 is 34.7 Å². The molecule has 0 bridgehead atoms. The van der Waals surface area contributed by atoms with Gasteiger partial charge in [-0.3, -0.25) is 4.79 Å². The van der Waals surface area contributed by atoms with Crippen molar-refractivity contribution >= 4 is 56.5 Å². The number of hydrogen-bond acceptors (Lipinski definition) is 6. The number of thiophene rings is 1. The van der Waals surface area contributed by atoms with Crippen LogP contribution in [0, 0.1) is 5.92 Å². The Labute approximate surface area is 183 Å². The number of anilines is 1. The molecule has 1 aliphatic carbocycles. The first-order valence-electron chi connectivity index (χ1n) is 9.52. The minimum Gasteiger partial charge on any atom is -0.495 e. The van der Waals surface area contributed by atoms with E-state index in [2.05, 4.69) is 22.2 Å². The van der Waals surface area contributed by atoms with Crippen LogP contribution in [0.15, 0.2) is 29.6 Å². The predicted octanol–water partition coefficient (Wildman–Crippen LogP) is 5.60. The molecule has 3 aromatic rings. The van der Waals surface area contributed by atoms with Gasteiger partial charge in [0.1, 0.15) is 21.9 Å². The summed E-state index contributed by atoms with van der Waals surface area (Å²) in [6.45, 7) is 4.18. The normalized spacial score (nSPS) is 17.0. The summed E-state index contributed by atoms with van der Waals surface area (Å²) >= 11 is 9.30. The molecule has 152 valence electrons. The maximum absolute atomic E-state index is 12.8. The van der Waals surface area contributed by atoms with E-state index in [1.54, 1.807) is 43.0 Å². The fraction of sp³-hybridized carbons (Fsp3) is 0.381. The highest BCUT2D eigenvalue weighted by atomic mass is 35.5. The molecule has 2 aromatic heterocycles. The molecule has 0 radical (unpaired) electrons. The number of amides is 1. The molecule has 0 spiro atoms. The third-order valence-corrected chi connectivity index (χ3v) is 7.63. The van der Waals surface area contributed by atoms with Crippen molar-refractivity contribution in [1.82, 2.24) is 9.97 Å². The van der Waals surface area contributed by atoms with Crippen LogP contribution in [0.1, 0.15) is 30.7 Å². The molecule has 1 aromatic carbocycles. The molecule has 8 heteroatoms. The summed E-state index contributed by atoms with van der Waals surface area (Å²) in [7, 11) is 1.56. The lowest BCUT2D eigenvalue weighted by atomic mass is 9.89. The highest BCUT2D eigenvalue weighted by Gasteiger charge is 2.25. The number of hydrogen-bond donors (Lipinski definition) is 1. The quantitative estimate of drug-likeness (QED) is 0.407. The number of carbonyl (C=O) groups excluding carboxylic acids is 1. The van der Waals surface area contributed by atoms with Crippen molar-refractivity contribution in [3.8, 4) is 5.75 Å². The first-order valence-corrected chi connectivity index (χ1v) is 11.6. The van der Waals surface area contributed by atoms with E-state index in [1.165, 1.54) is 28.6 Å². The number of fused-ring (bicyclic) bond motifs is 3. The Balaban J connectivity index is 1.57. The van der Waals surface area contributed by atoms with Crippen molar-refractivity contribution in [1.29, 1.82) is 0 Å². The Morgan fingerprint density at radius 1 is 1.41 bits per heavy atom. The largest absolute Gasteiger partial charge is 0.495 e. The van der Waals surface area contributed by atoms with Gasteiger partial charge in [0.05, 0.1) is 18.0 Å². The maximum Gasteiger partial charge on any atom is 0.237 e. The Hall–Kier alpha value is -1.83. The summed E-state index contributed by atoms with van der Waals surface area (Å²) in [5, 5.41) is 5.13. The number of benzene rings is 1. The molecule has 0 unspecified atom stereocenters. The van der Waals surface area contributed by atoms with Gasteiger partial charge >= 0.3 is 0 Å². The summed E-state index contributed by atoms with van der Waals surface area (Å²) in [5.74, 6) is 1.16. The van der Waals surface area contributed by atoms with E-state index in [0.717, 1.165) is 28.1 Å². The number of aryl methyl sites for hydroxylation is 1. The van der Waals surface area contributed by atoms with Gasteiger partial charge in [-0.05, 0) is 55.9 Å². The van der Waals surface area contributed by atoms with Crippen LogP contribution in [0.3, 0.4) is 0 Å². The van der Waals surface area contributed by atoms with Crippen molar-refractivity contribution in [3.05, 3.63) is 40.0 Å². The number of carbonyl (C=O) groups is 1. The van der Waals surface area contributed by atoms with Crippen LogP contribution in [0.4, 0.5) is 5.69 Å². The fourth-order valence-electron chi connectivity index (χ4n) is 3.57. The first kappa shape index (κ1) is 20.4. The number of nitrogens with zero attached hydrogens (tertiary/aromatic N) is 2. The van der Waals surface area contributed by atoms with Crippen LogP contribution in [-0.4, -0.2) is 28.2 Å². The zero-order chi connectivity index (χ0) is 20.5. The summed E-state index contributed by atoms with van der Waals surface area (Å²) in [4.78, 5) is 24.3. The molecule has 1 N–H and O–H groups in total. The van der Waals surface area contributed by atoms with Gasteiger partial charge in [0, 0.05) is 15.3 Å². The Morgan fingerprint density at radius 2 is 2.24 bits per heavy atom. The van der Waals surface area contributed by atoms with E-state index in [1.807, 2.05) is 6.92 Å². The molecule has 0 saturated heterocycles. The number of thioether (sulfide) groups is 1. The minimum absolute atomic E-state index is 0.125. The Morgan fingerprint density at radius 3 is 3.03 bits per heavy atom. The van der Waals surface area contributed by atoms with E-state index < -0.39 is 0 Å². The molecule has 0 aliphatic heterocycles. The van der Waals surface area contributed by atoms with Crippen LogP contribution in [0.25, 0.3) is 10.2 Å². The summed E-state index contributed by atoms with van der Waals surface area (Å²) in [6.07, 6.45) is 4.94. The zero-order valence-electron chi connectivity index (χ0n) is 16.5. The second-order valence-electron chi connectivity index (χ2n) is 7.30. The van der Waals surface area contributed by atoms with Crippen molar-refractivity contribution < 1.29 is 9.53 Å². The molecular weight excluding hydrogens is 426 g/mol. The number of halogens is 1. The van der Waals surface area contributed by atoms with E-state index in [9.17, 15) is 4.79 Å². The van der Waals surface area contributed by atoms with Gasteiger partial charge in [0.25, 0.3) is 0 Å². The highest BCUT2D eigenvalue weighted by Crippen LogP contribution is 2.41. The second kappa shape index (κ2) is 8.50. The molecule has 0 fully saturated rings. The summed E-state index contributed by atoms with van der Waals surface area (Å²) in [6, 6.07) is 5.16. The van der Waals surface area contributed by atoms with Crippen LogP contribution in [0.5, 0.6) is 5.75 Å². The number of nitrogens with one attached hydrogen (secondary N) is 1. The van der Waals surface area contributed by atoms with Crippen LogP contribution in [-0.2, 0) is 17.6 Å². The Kier molecular flexibility index (Phi) is 5.99. The van der Waals surface area contributed by atoms with E-state index in [0.29, 0.717) is 22.4 Å². The van der Waals surface area contributed by atoms with Crippen molar-refractivity contribution in [3.63, 3.8) is 0 Å². The average molecular weight is 448 g/mol. The van der Waals surface area contributed by atoms with Gasteiger partial charge in [-0.2, -0.15) is 0 Å². The van der Waals surface area contributed by atoms with E-state index in [4.69, 9.17) is 16.3 Å². The Bertz CT molecular complexity index is 1070. The lowest BCUT2D eigenvalue weighted by molar-refractivity contribution is -0.115. The third-order valence-electron chi connectivity index (χ3n) is 5.13. The fourth-order valence-corrected chi connectivity index (χ4v) is 6.10.